The molecule has 0 bridgehead atoms. The van der Waals surface area contributed by atoms with Crippen LogP contribution in [-0.2, 0) is 24.2 Å². The molecule has 0 radical (unpaired) electrons. The van der Waals surface area contributed by atoms with Gasteiger partial charge in [0.05, 0.1) is 6.42 Å². The molecule has 0 atom stereocenters. The number of aryl methyl sites for hydroxylation is 1. The first-order valence-electron chi connectivity index (χ1n) is 5.92. The molecule has 0 aliphatic rings. The molecule has 0 aliphatic carbocycles. The lowest BCUT2D eigenvalue weighted by Crippen LogP contribution is -2.00. The van der Waals surface area contributed by atoms with E-state index in [1.807, 2.05) is 6.92 Å². The number of rotatable bonds is 6. The maximum atomic E-state index is 10.5. The second-order valence-corrected chi connectivity index (χ2v) is 3.95. The third-order valence-corrected chi connectivity index (χ3v) is 2.45. The molecule has 0 saturated heterocycles. The highest BCUT2D eigenvalue weighted by Crippen LogP contribution is 2.14. The summed E-state index contributed by atoms with van der Waals surface area (Å²) in [5, 5.41) is 16.3. The summed E-state index contributed by atoms with van der Waals surface area (Å²) in [5.41, 5.74) is 0.728. The lowest BCUT2D eigenvalue weighted by molar-refractivity contribution is -0.136. The molecule has 1 aromatic carbocycles. The molecule has 0 unspecified atom stereocenters. The van der Waals surface area contributed by atoms with Crippen LogP contribution in [0.1, 0.15) is 24.3 Å². The van der Waals surface area contributed by atoms with Crippen LogP contribution < -0.4 is 4.74 Å². The van der Waals surface area contributed by atoms with Crippen molar-refractivity contribution in [3.05, 3.63) is 41.6 Å². The van der Waals surface area contributed by atoms with Gasteiger partial charge in [-0.15, -0.1) is 10.2 Å². The zero-order chi connectivity index (χ0) is 13.7. The van der Waals surface area contributed by atoms with Gasteiger partial charge in [0, 0.05) is 6.42 Å². The Labute approximate surface area is 110 Å². The van der Waals surface area contributed by atoms with Crippen LogP contribution in [0.15, 0.2) is 28.7 Å². The number of aromatic nitrogens is 2. The van der Waals surface area contributed by atoms with E-state index in [0.29, 0.717) is 24.0 Å². The highest BCUT2D eigenvalue weighted by molar-refractivity contribution is 5.70. The molecule has 2 aromatic rings. The molecule has 1 aromatic heterocycles. The number of ether oxygens (including phenoxy) is 1. The fraction of sp³-hybridized carbons (Fsp3) is 0.308. The molecule has 100 valence electrons. The van der Waals surface area contributed by atoms with Crippen molar-refractivity contribution in [3.63, 3.8) is 0 Å². The third kappa shape index (κ3) is 3.80. The van der Waals surface area contributed by atoms with Gasteiger partial charge in [0.15, 0.2) is 6.61 Å². The predicted octanol–water partition coefficient (Wildman–Crippen LogP) is 1.84. The highest BCUT2D eigenvalue weighted by Gasteiger charge is 2.05. The molecule has 6 nitrogen and oxygen atoms in total. The Morgan fingerprint density at radius 1 is 1.26 bits per heavy atom. The summed E-state index contributed by atoms with van der Waals surface area (Å²) in [4.78, 5) is 10.5. The van der Waals surface area contributed by atoms with Crippen molar-refractivity contribution >= 4 is 5.97 Å². The fourth-order valence-electron chi connectivity index (χ4n) is 1.51. The highest BCUT2D eigenvalue weighted by atomic mass is 16.5. The molecule has 0 spiro atoms. The van der Waals surface area contributed by atoms with Crippen molar-refractivity contribution in [2.24, 2.45) is 0 Å². The molecule has 0 saturated carbocycles. The first-order valence-corrected chi connectivity index (χ1v) is 5.92. The van der Waals surface area contributed by atoms with E-state index in [0.717, 1.165) is 5.56 Å². The van der Waals surface area contributed by atoms with Crippen LogP contribution in [0, 0.1) is 0 Å². The normalized spacial score (nSPS) is 10.4. The second kappa shape index (κ2) is 5.99. The van der Waals surface area contributed by atoms with Crippen molar-refractivity contribution in [2.75, 3.05) is 0 Å². The number of hydrogen-bond acceptors (Lipinski definition) is 5. The molecule has 19 heavy (non-hydrogen) atoms. The molecule has 6 heteroatoms. The van der Waals surface area contributed by atoms with Crippen LogP contribution in [0.5, 0.6) is 5.75 Å². The number of carbonyl (C=O) groups is 1. The van der Waals surface area contributed by atoms with Gasteiger partial charge in [-0.1, -0.05) is 19.1 Å². The van der Waals surface area contributed by atoms with E-state index in [1.54, 1.807) is 24.3 Å². The van der Waals surface area contributed by atoms with Gasteiger partial charge in [-0.05, 0) is 17.7 Å². The van der Waals surface area contributed by atoms with E-state index in [-0.39, 0.29) is 13.0 Å². The van der Waals surface area contributed by atoms with Gasteiger partial charge >= 0.3 is 5.97 Å². The molecular formula is C13H14N2O4. The largest absolute Gasteiger partial charge is 0.484 e. The number of aliphatic carboxylic acids is 1. The van der Waals surface area contributed by atoms with Crippen molar-refractivity contribution < 1.29 is 19.1 Å². The first-order chi connectivity index (χ1) is 9.17. The van der Waals surface area contributed by atoms with Crippen LogP contribution in [0.3, 0.4) is 0 Å². The zero-order valence-electron chi connectivity index (χ0n) is 10.5. The Balaban J connectivity index is 1.90. The molecule has 2 rings (SSSR count). The standard InChI is InChI=1S/C13H14N2O4/c1-2-11-14-15-12(19-11)8-18-10-5-3-9(4-6-10)7-13(16)17/h3-6H,2,7-8H2,1H3,(H,16,17). The summed E-state index contributed by atoms with van der Waals surface area (Å²) in [6, 6.07) is 6.87. The Morgan fingerprint density at radius 3 is 2.53 bits per heavy atom. The Kier molecular flexibility index (Phi) is 4.12. The smallest absolute Gasteiger partial charge is 0.307 e. The first kappa shape index (κ1) is 13.1. The minimum absolute atomic E-state index is 0.00377. The van der Waals surface area contributed by atoms with E-state index in [9.17, 15) is 4.79 Å². The summed E-state index contributed by atoms with van der Waals surface area (Å²) >= 11 is 0. The van der Waals surface area contributed by atoms with Gasteiger partial charge in [0.1, 0.15) is 5.75 Å². The van der Waals surface area contributed by atoms with Gasteiger partial charge in [-0.25, -0.2) is 0 Å². The summed E-state index contributed by atoms with van der Waals surface area (Å²) in [7, 11) is 0. The number of carboxylic acid groups (broad SMARTS) is 1. The Morgan fingerprint density at radius 2 is 1.95 bits per heavy atom. The lowest BCUT2D eigenvalue weighted by Gasteiger charge is -2.04. The summed E-state index contributed by atoms with van der Waals surface area (Å²) in [5.74, 6) is 0.777. The number of carboxylic acids is 1. The van der Waals surface area contributed by atoms with Gasteiger partial charge in [-0.2, -0.15) is 0 Å². The third-order valence-electron chi connectivity index (χ3n) is 2.45. The molecule has 0 aliphatic heterocycles. The van der Waals surface area contributed by atoms with Gasteiger partial charge in [0.25, 0.3) is 5.89 Å². The summed E-state index contributed by atoms with van der Waals surface area (Å²) in [6.45, 7) is 2.13. The monoisotopic (exact) mass is 262 g/mol. The maximum Gasteiger partial charge on any atom is 0.307 e. The van der Waals surface area contributed by atoms with E-state index in [4.69, 9.17) is 14.3 Å². The van der Waals surface area contributed by atoms with Crippen LogP contribution in [0.25, 0.3) is 0 Å². The second-order valence-electron chi connectivity index (χ2n) is 3.95. The fourth-order valence-corrected chi connectivity index (χ4v) is 1.51. The average molecular weight is 262 g/mol. The summed E-state index contributed by atoms with van der Waals surface area (Å²) in [6.07, 6.45) is 0.695. The minimum atomic E-state index is -0.855. The van der Waals surface area contributed by atoms with E-state index in [2.05, 4.69) is 10.2 Å². The van der Waals surface area contributed by atoms with Crippen LogP contribution >= 0.6 is 0 Å². The van der Waals surface area contributed by atoms with Crippen molar-refractivity contribution in [1.29, 1.82) is 0 Å². The predicted molar refractivity (Wildman–Crippen MR) is 65.8 cm³/mol. The zero-order valence-corrected chi connectivity index (χ0v) is 10.5. The van der Waals surface area contributed by atoms with Crippen LogP contribution in [0.2, 0.25) is 0 Å². The molecule has 1 heterocycles. The number of nitrogens with zero attached hydrogens (tertiary/aromatic N) is 2. The molecular weight excluding hydrogens is 248 g/mol. The lowest BCUT2D eigenvalue weighted by atomic mass is 10.1. The van der Waals surface area contributed by atoms with Gasteiger partial charge in [0.2, 0.25) is 5.89 Å². The van der Waals surface area contributed by atoms with Crippen LogP contribution in [0.4, 0.5) is 0 Å². The topological polar surface area (TPSA) is 85.5 Å². The number of hydrogen-bond donors (Lipinski definition) is 1. The molecule has 0 fully saturated rings. The quantitative estimate of drug-likeness (QED) is 0.854. The van der Waals surface area contributed by atoms with Crippen molar-refractivity contribution in [1.82, 2.24) is 10.2 Å². The number of benzene rings is 1. The van der Waals surface area contributed by atoms with Gasteiger partial charge in [-0.3, -0.25) is 4.79 Å². The Hall–Kier alpha value is -2.37. The van der Waals surface area contributed by atoms with Gasteiger partial charge < -0.3 is 14.3 Å². The van der Waals surface area contributed by atoms with E-state index >= 15 is 0 Å². The SMILES string of the molecule is CCc1nnc(COc2ccc(CC(=O)O)cc2)o1. The molecule has 0 amide bonds. The van der Waals surface area contributed by atoms with E-state index < -0.39 is 5.97 Å². The molecule has 1 N–H and O–H groups in total. The van der Waals surface area contributed by atoms with Crippen molar-refractivity contribution in [3.8, 4) is 5.75 Å². The summed E-state index contributed by atoms with van der Waals surface area (Å²) < 4.78 is 10.8. The van der Waals surface area contributed by atoms with Crippen LogP contribution in [-0.4, -0.2) is 21.3 Å². The maximum absolute atomic E-state index is 10.5. The Bertz CT molecular complexity index is 548. The van der Waals surface area contributed by atoms with E-state index in [1.165, 1.54) is 0 Å². The minimum Gasteiger partial charge on any atom is -0.484 e. The average Bonchev–Trinajstić information content (AvgIpc) is 2.85. The van der Waals surface area contributed by atoms with Crippen molar-refractivity contribution in [2.45, 2.75) is 26.4 Å².